The van der Waals surface area contributed by atoms with Gasteiger partial charge in [0, 0.05) is 15.8 Å². The number of carbonyl (C=O) groups is 2. The Balaban J connectivity index is 1.72. The molecule has 0 unspecified atom stereocenters. The minimum absolute atomic E-state index is 0.0893. The fraction of sp³-hybridized carbons (Fsp3) is 0.148. The fourth-order valence-corrected chi connectivity index (χ4v) is 5.27. The molecule has 7 heteroatoms. The first-order chi connectivity index (χ1) is 16.4. The van der Waals surface area contributed by atoms with E-state index in [0.717, 1.165) is 21.2 Å². The van der Waals surface area contributed by atoms with Gasteiger partial charge in [0.15, 0.2) is 0 Å². The van der Waals surface area contributed by atoms with E-state index in [9.17, 15) is 14.9 Å². The lowest BCUT2D eigenvalue weighted by atomic mass is 10.1. The molecule has 0 radical (unpaired) electrons. The number of thioether (sulfide) groups is 1. The molecule has 3 aromatic carbocycles. The zero-order chi connectivity index (χ0) is 24.2. The Labute approximate surface area is 211 Å². The van der Waals surface area contributed by atoms with Gasteiger partial charge >= 0.3 is 0 Å². The highest BCUT2D eigenvalue weighted by Crippen LogP contribution is 2.42. The molecule has 1 aliphatic heterocycles. The SMILES string of the molecule is Cc1ccc(N2C(=O)[C@H](Cc3cccc(C)c3)S/C2=C(/C#N)C(=O)Nc2ccc(Br)cc2)cc1. The number of benzene rings is 3. The first kappa shape index (κ1) is 23.8. The van der Waals surface area contributed by atoms with Crippen LogP contribution in [0.4, 0.5) is 11.4 Å². The third-order valence-electron chi connectivity index (χ3n) is 5.40. The predicted molar refractivity (Wildman–Crippen MR) is 140 cm³/mol. The van der Waals surface area contributed by atoms with Crippen LogP contribution >= 0.6 is 27.7 Å². The van der Waals surface area contributed by atoms with Gasteiger partial charge in [-0.15, -0.1) is 0 Å². The summed E-state index contributed by atoms with van der Waals surface area (Å²) in [5.41, 5.74) is 4.31. The number of nitrogens with zero attached hydrogens (tertiary/aromatic N) is 2. The summed E-state index contributed by atoms with van der Waals surface area (Å²) in [5, 5.41) is 12.6. The summed E-state index contributed by atoms with van der Waals surface area (Å²) >= 11 is 4.64. The maximum Gasteiger partial charge on any atom is 0.269 e. The second kappa shape index (κ2) is 10.3. The van der Waals surface area contributed by atoms with Crippen molar-refractivity contribution in [1.82, 2.24) is 0 Å². The Hall–Kier alpha value is -3.34. The number of carbonyl (C=O) groups excluding carboxylic acids is 2. The lowest BCUT2D eigenvalue weighted by Gasteiger charge is -2.19. The van der Waals surface area contributed by atoms with Crippen LogP contribution in [0, 0.1) is 25.2 Å². The van der Waals surface area contributed by atoms with Crippen molar-refractivity contribution in [3.63, 3.8) is 0 Å². The van der Waals surface area contributed by atoms with Crippen LogP contribution in [-0.4, -0.2) is 17.1 Å². The van der Waals surface area contributed by atoms with E-state index in [2.05, 4.69) is 27.3 Å². The van der Waals surface area contributed by atoms with Gasteiger partial charge in [-0.25, -0.2) is 0 Å². The Morgan fingerprint density at radius 1 is 1.06 bits per heavy atom. The fourth-order valence-electron chi connectivity index (χ4n) is 3.70. The molecule has 1 heterocycles. The standard InChI is InChI=1S/C27H22BrN3O2S/c1-17-6-12-22(13-7-17)31-26(33)24(15-19-5-3-4-18(2)14-19)34-27(31)23(16-29)25(32)30-21-10-8-20(28)9-11-21/h3-14,24H,15H2,1-2H3,(H,30,32)/b27-23-/t24-/m0/s1. The number of rotatable bonds is 5. The lowest BCUT2D eigenvalue weighted by molar-refractivity contribution is -0.117. The molecule has 1 N–H and O–H groups in total. The molecule has 0 aromatic heterocycles. The molecule has 2 amide bonds. The number of nitrogens with one attached hydrogen (secondary N) is 1. The number of hydrogen-bond donors (Lipinski definition) is 1. The summed E-state index contributed by atoms with van der Waals surface area (Å²) in [5.74, 6) is -0.692. The molecular weight excluding hydrogens is 510 g/mol. The minimum Gasteiger partial charge on any atom is -0.321 e. The van der Waals surface area contributed by atoms with E-state index < -0.39 is 11.2 Å². The van der Waals surface area contributed by atoms with Crippen molar-refractivity contribution in [3.8, 4) is 6.07 Å². The Morgan fingerprint density at radius 3 is 2.41 bits per heavy atom. The number of hydrogen-bond acceptors (Lipinski definition) is 4. The van der Waals surface area contributed by atoms with E-state index in [1.807, 2.05) is 62.4 Å². The number of halogens is 1. The van der Waals surface area contributed by atoms with Crippen LogP contribution < -0.4 is 10.2 Å². The molecular formula is C27H22BrN3O2S. The van der Waals surface area contributed by atoms with E-state index in [1.165, 1.54) is 16.7 Å². The average Bonchev–Trinajstić information content (AvgIpc) is 3.12. The number of amides is 2. The molecule has 5 nitrogen and oxygen atoms in total. The summed E-state index contributed by atoms with van der Waals surface area (Å²) in [6.07, 6.45) is 0.504. The van der Waals surface area contributed by atoms with Gasteiger partial charge < -0.3 is 5.32 Å². The van der Waals surface area contributed by atoms with E-state index >= 15 is 0 Å². The van der Waals surface area contributed by atoms with Crippen molar-refractivity contribution in [1.29, 1.82) is 5.26 Å². The smallest absolute Gasteiger partial charge is 0.269 e. The van der Waals surface area contributed by atoms with Crippen molar-refractivity contribution in [3.05, 3.63) is 105 Å². The number of anilines is 2. The highest BCUT2D eigenvalue weighted by molar-refractivity contribution is 9.10. The first-order valence-corrected chi connectivity index (χ1v) is 12.4. The average molecular weight is 532 g/mol. The summed E-state index contributed by atoms with van der Waals surface area (Å²) < 4.78 is 0.880. The van der Waals surface area contributed by atoms with Gasteiger partial charge in [0.1, 0.15) is 16.7 Å². The highest BCUT2D eigenvalue weighted by Gasteiger charge is 2.40. The van der Waals surface area contributed by atoms with Crippen molar-refractivity contribution in [2.24, 2.45) is 0 Å². The monoisotopic (exact) mass is 531 g/mol. The summed E-state index contributed by atoms with van der Waals surface area (Å²) in [7, 11) is 0. The first-order valence-electron chi connectivity index (χ1n) is 10.7. The topological polar surface area (TPSA) is 73.2 Å². The molecule has 4 rings (SSSR count). The summed E-state index contributed by atoms with van der Waals surface area (Å²) in [6, 6.07) is 24.7. The van der Waals surface area contributed by atoms with Crippen molar-refractivity contribution < 1.29 is 9.59 Å². The Kier molecular flexibility index (Phi) is 7.20. The second-order valence-electron chi connectivity index (χ2n) is 8.06. The van der Waals surface area contributed by atoms with Crippen LogP contribution in [0.15, 0.2) is 87.9 Å². The zero-order valence-electron chi connectivity index (χ0n) is 18.7. The van der Waals surface area contributed by atoms with Crippen LogP contribution in [0.3, 0.4) is 0 Å². The molecule has 34 heavy (non-hydrogen) atoms. The van der Waals surface area contributed by atoms with Gasteiger partial charge in [-0.3, -0.25) is 14.5 Å². The normalized spacial score (nSPS) is 16.8. The molecule has 3 aromatic rings. The quantitative estimate of drug-likeness (QED) is 0.317. The molecule has 170 valence electrons. The van der Waals surface area contributed by atoms with Crippen molar-refractivity contribution >= 4 is 50.9 Å². The largest absolute Gasteiger partial charge is 0.321 e. The van der Waals surface area contributed by atoms with E-state index in [1.54, 1.807) is 24.3 Å². The lowest BCUT2D eigenvalue weighted by Crippen LogP contribution is -2.30. The van der Waals surface area contributed by atoms with Crippen LogP contribution in [0.1, 0.15) is 16.7 Å². The summed E-state index contributed by atoms with van der Waals surface area (Å²) in [4.78, 5) is 28.2. The molecule has 0 aliphatic carbocycles. The molecule has 1 fully saturated rings. The van der Waals surface area contributed by atoms with Gasteiger partial charge in [0.25, 0.3) is 5.91 Å². The van der Waals surface area contributed by atoms with Crippen LogP contribution in [0.5, 0.6) is 0 Å². The predicted octanol–water partition coefficient (Wildman–Crippen LogP) is 6.13. The Bertz CT molecular complexity index is 1310. The summed E-state index contributed by atoms with van der Waals surface area (Å²) in [6.45, 7) is 3.98. The van der Waals surface area contributed by atoms with E-state index in [4.69, 9.17) is 0 Å². The van der Waals surface area contributed by atoms with Gasteiger partial charge in [0.2, 0.25) is 5.91 Å². The van der Waals surface area contributed by atoms with E-state index in [-0.39, 0.29) is 11.5 Å². The van der Waals surface area contributed by atoms with Gasteiger partial charge in [-0.1, -0.05) is 75.2 Å². The third kappa shape index (κ3) is 5.24. The van der Waals surface area contributed by atoms with Crippen molar-refractivity contribution in [2.45, 2.75) is 25.5 Å². The molecule has 0 spiro atoms. The minimum atomic E-state index is -0.548. The van der Waals surface area contributed by atoms with Gasteiger partial charge in [0.05, 0.1) is 5.25 Å². The molecule has 1 aliphatic rings. The second-order valence-corrected chi connectivity index (χ2v) is 10.2. The maximum absolute atomic E-state index is 13.6. The molecule has 0 bridgehead atoms. The van der Waals surface area contributed by atoms with Gasteiger partial charge in [-0.2, -0.15) is 5.26 Å². The van der Waals surface area contributed by atoms with Crippen molar-refractivity contribution in [2.75, 3.05) is 10.2 Å². The van der Waals surface area contributed by atoms with Gasteiger partial charge in [-0.05, 0) is 62.2 Å². The Morgan fingerprint density at radius 2 is 1.76 bits per heavy atom. The maximum atomic E-state index is 13.6. The number of nitriles is 1. The van der Waals surface area contributed by atoms with Crippen LogP contribution in [0.25, 0.3) is 0 Å². The van der Waals surface area contributed by atoms with Crippen LogP contribution in [-0.2, 0) is 16.0 Å². The van der Waals surface area contributed by atoms with Crippen LogP contribution in [0.2, 0.25) is 0 Å². The number of aryl methyl sites for hydroxylation is 2. The third-order valence-corrected chi connectivity index (χ3v) is 7.19. The molecule has 1 saturated heterocycles. The molecule has 1 atom stereocenters. The van der Waals surface area contributed by atoms with E-state index in [0.29, 0.717) is 22.8 Å². The molecule has 0 saturated carbocycles. The highest BCUT2D eigenvalue weighted by atomic mass is 79.9. The zero-order valence-corrected chi connectivity index (χ0v) is 21.1.